The van der Waals surface area contributed by atoms with Gasteiger partial charge in [0.1, 0.15) is 0 Å². The first-order valence-electron chi connectivity index (χ1n) is 6.12. The van der Waals surface area contributed by atoms with Crippen molar-refractivity contribution in [2.24, 2.45) is 0 Å². The predicted molar refractivity (Wildman–Crippen MR) is 73.8 cm³/mol. The summed E-state index contributed by atoms with van der Waals surface area (Å²) in [6.07, 6.45) is 0. The SMILES string of the molecule is Cc1ccc(C(=O)c2ccccc2C(=O)O)cc1[NH+]([O-])O. The molecule has 2 aromatic carbocycles. The third-order valence-electron chi connectivity index (χ3n) is 3.13. The van der Waals surface area contributed by atoms with Crippen LogP contribution in [0.1, 0.15) is 31.8 Å². The second-order valence-electron chi connectivity index (χ2n) is 4.51. The Morgan fingerprint density at radius 1 is 1.10 bits per heavy atom. The summed E-state index contributed by atoms with van der Waals surface area (Å²) >= 11 is 0. The van der Waals surface area contributed by atoms with E-state index in [-0.39, 0.29) is 22.4 Å². The Bertz CT molecular complexity index is 709. The first-order chi connectivity index (χ1) is 9.91. The molecule has 1 atom stereocenters. The van der Waals surface area contributed by atoms with Crippen LogP contribution in [0.15, 0.2) is 42.5 Å². The second kappa shape index (κ2) is 5.84. The number of carbonyl (C=O) groups is 2. The molecular formula is C15H13NO5. The molecule has 1 unspecified atom stereocenters. The Labute approximate surface area is 120 Å². The zero-order valence-corrected chi connectivity index (χ0v) is 11.2. The van der Waals surface area contributed by atoms with Crippen molar-refractivity contribution in [2.75, 3.05) is 0 Å². The standard InChI is InChI=1S/C15H13NO5/c1-9-6-7-10(8-13(9)16(20)21)14(17)11-4-2-3-5-12(11)15(18)19/h2-8,16,20H,1H3,(H,18,19). The molecule has 3 N–H and O–H groups in total. The normalized spacial score (nSPS) is 12.0. The fourth-order valence-electron chi connectivity index (χ4n) is 2.02. The maximum Gasteiger partial charge on any atom is 0.336 e. The van der Waals surface area contributed by atoms with Gasteiger partial charge in [-0.1, -0.05) is 30.3 Å². The van der Waals surface area contributed by atoms with Crippen molar-refractivity contribution >= 4 is 17.4 Å². The molecule has 0 aromatic heterocycles. The molecule has 0 bridgehead atoms. The molecule has 0 fully saturated rings. The quantitative estimate of drug-likeness (QED) is 0.581. The molecule has 0 radical (unpaired) electrons. The molecule has 0 saturated carbocycles. The van der Waals surface area contributed by atoms with Crippen molar-refractivity contribution in [3.05, 3.63) is 69.9 Å². The summed E-state index contributed by atoms with van der Waals surface area (Å²) in [6.45, 7) is 1.63. The van der Waals surface area contributed by atoms with Gasteiger partial charge in [0.2, 0.25) is 0 Å². The number of carboxylic acids is 1. The highest BCUT2D eigenvalue weighted by Crippen LogP contribution is 2.18. The molecule has 0 aliphatic heterocycles. The minimum Gasteiger partial charge on any atom is -0.595 e. The van der Waals surface area contributed by atoms with E-state index in [1.54, 1.807) is 13.0 Å². The van der Waals surface area contributed by atoms with Crippen molar-refractivity contribution in [3.8, 4) is 0 Å². The second-order valence-corrected chi connectivity index (χ2v) is 4.51. The molecule has 6 nitrogen and oxygen atoms in total. The van der Waals surface area contributed by atoms with E-state index in [0.717, 1.165) is 0 Å². The van der Waals surface area contributed by atoms with Gasteiger partial charge in [-0.3, -0.25) is 4.79 Å². The summed E-state index contributed by atoms with van der Waals surface area (Å²) < 4.78 is 0. The van der Waals surface area contributed by atoms with Crippen LogP contribution in [-0.4, -0.2) is 22.1 Å². The Kier molecular flexibility index (Phi) is 4.13. The Morgan fingerprint density at radius 3 is 2.29 bits per heavy atom. The van der Waals surface area contributed by atoms with E-state index < -0.39 is 17.0 Å². The molecule has 108 valence electrons. The van der Waals surface area contributed by atoms with Crippen molar-refractivity contribution in [1.82, 2.24) is 0 Å². The number of hydrogen-bond donors (Lipinski definition) is 3. The van der Waals surface area contributed by atoms with Crippen LogP contribution in [-0.2, 0) is 0 Å². The average molecular weight is 287 g/mol. The highest BCUT2D eigenvalue weighted by atomic mass is 16.8. The van der Waals surface area contributed by atoms with Gasteiger partial charge in [0.25, 0.3) is 0 Å². The zero-order valence-electron chi connectivity index (χ0n) is 11.2. The van der Waals surface area contributed by atoms with Gasteiger partial charge in [0.05, 0.1) is 5.56 Å². The molecule has 2 rings (SSSR count). The number of aryl methyl sites for hydroxylation is 1. The monoisotopic (exact) mass is 287 g/mol. The molecule has 0 heterocycles. The molecule has 0 saturated heterocycles. The third-order valence-corrected chi connectivity index (χ3v) is 3.13. The van der Waals surface area contributed by atoms with Crippen LogP contribution in [0.5, 0.6) is 0 Å². The van der Waals surface area contributed by atoms with Gasteiger partial charge < -0.3 is 10.3 Å². The van der Waals surface area contributed by atoms with Crippen molar-refractivity contribution < 1.29 is 25.1 Å². The summed E-state index contributed by atoms with van der Waals surface area (Å²) in [6, 6.07) is 10.1. The Hall–Kier alpha value is -2.54. The summed E-state index contributed by atoms with van der Waals surface area (Å²) in [7, 11) is 0. The van der Waals surface area contributed by atoms with Crippen LogP contribution < -0.4 is 5.23 Å². The fraction of sp³-hybridized carbons (Fsp3) is 0.0667. The summed E-state index contributed by atoms with van der Waals surface area (Å²) in [4.78, 5) is 23.5. The maximum absolute atomic E-state index is 12.4. The molecule has 0 spiro atoms. The van der Waals surface area contributed by atoms with Crippen molar-refractivity contribution in [3.63, 3.8) is 0 Å². The molecule has 0 amide bonds. The van der Waals surface area contributed by atoms with Gasteiger partial charge in [0, 0.05) is 22.8 Å². The number of carboxylic acid groups (broad SMARTS) is 1. The largest absolute Gasteiger partial charge is 0.595 e. The van der Waals surface area contributed by atoms with E-state index in [4.69, 9.17) is 10.3 Å². The van der Waals surface area contributed by atoms with Crippen molar-refractivity contribution in [2.45, 2.75) is 6.92 Å². The Morgan fingerprint density at radius 2 is 1.71 bits per heavy atom. The number of carbonyl (C=O) groups excluding carboxylic acids is 1. The van der Waals surface area contributed by atoms with Crippen LogP contribution in [0.4, 0.5) is 5.69 Å². The van der Waals surface area contributed by atoms with Gasteiger partial charge in [-0.15, -0.1) is 0 Å². The first kappa shape index (κ1) is 14.9. The zero-order chi connectivity index (χ0) is 15.6. The van der Waals surface area contributed by atoms with E-state index in [0.29, 0.717) is 5.56 Å². The van der Waals surface area contributed by atoms with E-state index in [1.807, 2.05) is 0 Å². The molecule has 21 heavy (non-hydrogen) atoms. The van der Waals surface area contributed by atoms with Crippen LogP contribution in [0.25, 0.3) is 0 Å². The maximum atomic E-state index is 12.4. The molecule has 6 heteroatoms. The number of nitrogens with one attached hydrogen (secondary N) is 1. The van der Waals surface area contributed by atoms with Gasteiger partial charge in [-0.2, -0.15) is 5.23 Å². The Balaban J connectivity index is 2.51. The van der Waals surface area contributed by atoms with Gasteiger partial charge in [-0.05, 0) is 13.0 Å². The summed E-state index contributed by atoms with van der Waals surface area (Å²) in [5.41, 5.74) is 0.621. The highest BCUT2D eigenvalue weighted by molar-refractivity contribution is 6.14. The summed E-state index contributed by atoms with van der Waals surface area (Å²) in [5.74, 6) is -1.72. The first-order valence-corrected chi connectivity index (χ1v) is 6.12. The number of aromatic carboxylic acids is 1. The lowest BCUT2D eigenvalue weighted by molar-refractivity contribution is -0.991. The van der Waals surface area contributed by atoms with E-state index in [2.05, 4.69) is 0 Å². The van der Waals surface area contributed by atoms with E-state index >= 15 is 0 Å². The summed E-state index contributed by atoms with van der Waals surface area (Å²) in [5, 5.41) is 28.2. The smallest absolute Gasteiger partial charge is 0.336 e. The topological polar surface area (TPSA) is 102 Å². The number of benzene rings is 2. The average Bonchev–Trinajstić information content (AvgIpc) is 2.46. The number of ketones is 1. The lowest BCUT2D eigenvalue weighted by Gasteiger charge is -2.15. The molecule has 2 aromatic rings. The minimum atomic E-state index is -1.20. The minimum absolute atomic E-state index is 0.0219. The molecular weight excluding hydrogens is 274 g/mol. The van der Waals surface area contributed by atoms with Crippen LogP contribution in [0.2, 0.25) is 0 Å². The fourth-order valence-corrected chi connectivity index (χ4v) is 2.02. The lowest BCUT2D eigenvalue weighted by atomic mass is 9.97. The predicted octanol–water partition coefficient (Wildman–Crippen LogP) is 1.33. The highest BCUT2D eigenvalue weighted by Gasteiger charge is 2.19. The van der Waals surface area contributed by atoms with E-state index in [1.165, 1.54) is 36.4 Å². The molecule has 0 aliphatic carbocycles. The number of hydrogen-bond acceptors (Lipinski definition) is 4. The number of quaternary nitrogens is 1. The molecule has 0 aliphatic rings. The van der Waals surface area contributed by atoms with Crippen LogP contribution >= 0.6 is 0 Å². The van der Waals surface area contributed by atoms with Gasteiger partial charge in [-0.25, -0.2) is 10.0 Å². The van der Waals surface area contributed by atoms with Gasteiger partial charge >= 0.3 is 5.97 Å². The third kappa shape index (κ3) is 2.97. The van der Waals surface area contributed by atoms with E-state index in [9.17, 15) is 14.8 Å². The van der Waals surface area contributed by atoms with Crippen molar-refractivity contribution in [1.29, 1.82) is 0 Å². The lowest BCUT2D eigenvalue weighted by Crippen LogP contribution is -2.99. The number of rotatable bonds is 4. The van der Waals surface area contributed by atoms with Crippen LogP contribution in [0, 0.1) is 12.1 Å². The van der Waals surface area contributed by atoms with Gasteiger partial charge in [0.15, 0.2) is 11.5 Å². The van der Waals surface area contributed by atoms with Crippen LogP contribution in [0.3, 0.4) is 0 Å².